The Morgan fingerprint density at radius 3 is 2.11 bits per heavy atom. The number of fused-ring (bicyclic) bond motifs is 1. The Labute approximate surface area is 196 Å². The second kappa shape index (κ2) is 8.42. The van der Waals surface area contributed by atoms with Crippen molar-refractivity contribution in [3.8, 4) is 17.5 Å². The Morgan fingerprint density at radius 1 is 0.972 bits per heavy atom. The summed E-state index contributed by atoms with van der Waals surface area (Å²) < 4.78 is 125. The quantitative estimate of drug-likeness (QED) is 0.364. The number of nitrogens with zero attached hydrogens (tertiary/aromatic N) is 4. The molecular formula is C22H13F9N4O. The van der Waals surface area contributed by atoms with E-state index in [9.17, 15) is 39.5 Å². The number of hydrogen-bond acceptors (Lipinski definition) is 5. The Hall–Kier alpha value is -3.76. The maximum Gasteiger partial charge on any atom is 0.418 e. The van der Waals surface area contributed by atoms with E-state index in [1.807, 2.05) is 0 Å². The van der Waals surface area contributed by atoms with E-state index >= 15 is 0 Å². The van der Waals surface area contributed by atoms with Crippen molar-refractivity contribution in [2.45, 2.75) is 44.5 Å². The number of benzene rings is 2. The highest BCUT2D eigenvalue weighted by atomic mass is 19.4. The summed E-state index contributed by atoms with van der Waals surface area (Å²) in [5.41, 5.74) is -5.31. The number of alkyl halides is 9. The smallest absolute Gasteiger partial charge is 0.361 e. The van der Waals surface area contributed by atoms with E-state index in [1.54, 1.807) is 6.92 Å². The summed E-state index contributed by atoms with van der Waals surface area (Å²) in [6, 6.07) is 4.18. The largest absolute Gasteiger partial charge is 0.418 e. The van der Waals surface area contributed by atoms with Crippen LogP contribution >= 0.6 is 0 Å². The van der Waals surface area contributed by atoms with E-state index in [0.29, 0.717) is 12.1 Å². The minimum Gasteiger partial charge on any atom is -0.361 e. The van der Waals surface area contributed by atoms with Gasteiger partial charge in [-0.3, -0.25) is 0 Å². The molecule has 2 aromatic carbocycles. The molecule has 0 fully saturated rings. The zero-order valence-corrected chi connectivity index (χ0v) is 18.0. The van der Waals surface area contributed by atoms with Gasteiger partial charge in [0.15, 0.2) is 5.82 Å². The maximum atomic E-state index is 13.6. The SMILES string of the molecule is CC1Cc2c(ccc(C#N)c2C(F)(F)F)N1Cc1noc(-c2cc(C(F)(F)F)cc(C(F)(F)F)c2)n1. The van der Waals surface area contributed by atoms with Crippen molar-refractivity contribution in [1.82, 2.24) is 10.1 Å². The van der Waals surface area contributed by atoms with Crippen molar-refractivity contribution in [1.29, 1.82) is 5.26 Å². The van der Waals surface area contributed by atoms with Gasteiger partial charge in [0.1, 0.15) is 0 Å². The molecule has 1 aliphatic rings. The van der Waals surface area contributed by atoms with Gasteiger partial charge in [-0.15, -0.1) is 0 Å². The minimum absolute atomic E-state index is 0.0443. The highest BCUT2D eigenvalue weighted by Gasteiger charge is 2.42. The Kier molecular flexibility index (Phi) is 5.93. The summed E-state index contributed by atoms with van der Waals surface area (Å²) in [6.07, 6.45) is -15.0. The van der Waals surface area contributed by atoms with Gasteiger partial charge in [0.05, 0.1) is 34.9 Å². The molecule has 1 unspecified atom stereocenters. The number of halogens is 9. The van der Waals surface area contributed by atoms with Gasteiger partial charge in [-0.1, -0.05) is 5.16 Å². The van der Waals surface area contributed by atoms with Crippen LogP contribution < -0.4 is 4.90 Å². The van der Waals surface area contributed by atoms with Crippen molar-refractivity contribution >= 4 is 5.69 Å². The molecule has 1 aromatic heterocycles. The lowest BCUT2D eigenvalue weighted by Crippen LogP contribution is -2.29. The topological polar surface area (TPSA) is 66.0 Å². The van der Waals surface area contributed by atoms with Crippen LogP contribution in [0.2, 0.25) is 0 Å². The van der Waals surface area contributed by atoms with Crippen molar-refractivity contribution in [2.75, 3.05) is 4.90 Å². The third-order valence-corrected chi connectivity index (χ3v) is 5.65. The van der Waals surface area contributed by atoms with Gasteiger partial charge in [-0.25, -0.2) is 0 Å². The Morgan fingerprint density at radius 2 is 1.58 bits per heavy atom. The van der Waals surface area contributed by atoms with Crippen LogP contribution in [0.25, 0.3) is 11.5 Å². The molecule has 0 N–H and O–H groups in total. The molecule has 1 atom stereocenters. The normalized spacial score (nSPS) is 16.2. The zero-order chi connectivity index (χ0) is 26.6. The molecule has 0 radical (unpaired) electrons. The maximum absolute atomic E-state index is 13.6. The molecule has 2 heterocycles. The van der Waals surface area contributed by atoms with Gasteiger partial charge in [0, 0.05) is 17.3 Å². The first-order valence-electron chi connectivity index (χ1n) is 10.1. The second-order valence-electron chi connectivity index (χ2n) is 8.09. The molecule has 190 valence electrons. The summed E-state index contributed by atoms with van der Waals surface area (Å²) in [6.45, 7) is 1.36. The van der Waals surface area contributed by atoms with Crippen LogP contribution in [0.1, 0.15) is 40.6 Å². The molecule has 0 saturated heterocycles. The third kappa shape index (κ3) is 4.69. The average Bonchev–Trinajstić information content (AvgIpc) is 3.35. The molecule has 5 nitrogen and oxygen atoms in total. The van der Waals surface area contributed by atoms with E-state index in [-0.39, 0.29) is 36.1 Å². The molecule has 4 rings (SSSR count). The van der Waals surface area contributed by atoms with Crippen LogP contribution in [0.3, 0.4) is 0 Å². The molecule has 0 amide bonds. The number of aromatic nitrogens is 2. The summed E-state index contributed by atoms with van der Waals surface area (Å²) in [5, 5.41) is 12.7. The number of nitriles is 1. The van der Waals surface area contributed by atoms with Gasteiger partial charge in [-0.05, 0) is 49.2 Å². The molecule has 0 bridgehead atoms. The van der Waals surface area contributed by atoms with Crippen molar-refractivity contribution in [3.05, 3.63) is 64.0 Å². The van der Waals surface area contributed by atoms with E-state index in [2.05, 4.69) is 10.1 Å². The Bertz CT molecular complexity index is 1320. The summed E-state index contributed by atoms with van der Waals surface area (Å²) in [5.74, 6) is -0.793. The minimum atomic E-state index is -5.08. The predicted molar refractivity (Wildman–Crippen MR) is 105 cm³/mol. The first-order chi connectivity index (χ1) is 16.6. The van der Waals surface area contributed by atoms with E-state index in [1.165, 1.54) is 17.0 Å². The molecule has 14 heteroatoms. The highest BCUT2D eigenvalue weighted by molar-refractivity contribution is 5.66. The summed E-state index contributed by atoms with van der Waals surface area (Å²) in [4.78, 5) is 5.35. The van der Waals surface area contributed by atoms with Gasteiger partial charge < -0.3 is 9.42 Å². The van der Waals surface area contributed by atoms with Crippen LogP contribution in [-0.4, -0.2) is 16.2 Å². The highest BCUT2D eigenvalue weighted by Crippen LogP contribution is 2.44. The second-order valence-corrected chi connectivity index (χ2v) is 8.09. The molecule has 1 aliphatic heterocycles. The lowest BCUT2D eigenvalue weighted by molar-refractivity contribution is -0.143. The van der Waals surface area contributed by atoms with Crippen molar-refractivity contribution in [2.24, 2.45) is 0 Å². The molecular weight excluding hydrogens is 507 g/mol. The van der Waals surface area contributed by atoms with Crippen LogP contribution in [0.15, 0.2) is 34.9 Å². The fourth-order valence-corrected chi connectivity index (χ4v) is 4.08. The zero-order valence-electron chi connectivity index (χ0n) is 18.0. The summed E-state index contributed by atoms with van der Waals surface area (Å²) >= 11 is 0. The average molecular weight is 520 g/mol. The lowest BCUT2D eigenvalue weighted by atomic mass is 9.98. The van der Waals surface area contributed by atoms with Crippen molar-refractivity contribution in [3.63, 3.8) is 0 Å². The monoisotopic (exact) mass is 520 g/mol. The third-order valence-electron chi connectivity index (χ3n) is 5.65. The number of hydrogen-bond donors (Lipinski definition) is 0. The van der Waals surface area contributed by atoms with Gasteiger partial charge in [0.25, 0.3) is 5.89 Å². The van der Waals surface area contributed by atoms with Crippen LogP contribution in [-0.2, 0) is 31.5 Å². The lowest BCUT2D eigenvalue weighted by Gasteiger charge is -2.23. The van der Waals surface area contributed by atoms with Gasteiger partial charge >= 0.3 is 18.5 Å². The van der Waals surface area contributed by atoms with E-state index < -0.39 is 58.3 Å². The van der Waals surface area contributed by atoms with Gasteiger partial charge in [-0.2, -0.15) is 49.8 Å². The standard InChI is InChI=1S/C22H13F9N4O/c1-10-4-15-16(3-2-11(8-32)18(15)22(29,30)31)35(10)9-17-33-19(36-34-17)12-5-13(20(23,24)25)7-14(6-12)21(26,27)28/h2-3,5-7,10H,4,9H2,1H3. The van der Waals surface area contributed by atoms with E-state index in [0.717, 1.165) is 6.07 Å². The van der Waals surface area contributed by atoms with Crippen LogP contribution in [0.4, 0.5) is 45.2 Å². The fraction of sp³-hybridized carbons (Fsp3) is 0.318. The molecule has 0 spiro atoms. The first-order valence-corrected chi connectivity index (χ1v) is 10.1. The molecule has 0 aliphatic carbocycles. The predicted octanol–water partition coefficient (Wildman–Crippen LogP) is 6.62. The van der Waals surface area contributed by atoms with E-state index in [4.69, 9.17) is 9.78 Å². The Balaban J connectivity index is 1.69. The van der Waals surface area contributed by atoms with Crippen molar-refractivity contribution < 1.29 is 44.0 Å². The first kappa shape index (κ1) is 25.3. The molecule has 3 aromatic rings. The molecule has 36 heavy (non-hydrogen) atoms. The summed E-state index contributed by atoms with van der Waals surface area (Å²) in [7, 11) is 0. The number of anilines is 1. The fourth-order valence-electron chi connectivity index (χ4n) is 4.08. The number of rotatable bonds is 3. The van der Waals surface area contributed by atoms with Crippen LogP contribution in [0, 0.1) is 11.3 Å². The molecule has 0 saturated carbocycles. The van der Waals surface area contributed by atoms with Gasteiger partial charge in [0.2, 0.25) is 0 Å². The van der Waals surface area contributed by atoms with Crippen LogP contribution in [0.5, 0.6) is 0 Å².